The summed E-state index contributed by atoms with van der Waals surface area (Å²) in [6.07, 6.45) is 1.87. The second-order valence-electron chi connectivity index (χ2n) is 8.04. The van der Waals surface area contributed by atoms with Crippen molar-refractivity contribution in [1.82, 2.24) is 5.32 Å². The lowest BCUT2D eigenvalue weighted by Crippen LogP contribution is -2.46. The van der Waals surface area contributed by atoms with Crippen molar-refractivity contribution in [3.8, 4) is 0 Å². The summed E-state index contributed by atoms with van der Waals surface area (Å²) >= 11 is 0. The lowest BCUT2D eigenvalue weighted by Gasteiger charge is -2.32. The minimum atomic E-state index is -1.04. The number of aliphatic carboxylic acids is 1. The van der Waals surface area contributed by atoms with Gasteiger partial charge >= 0.3 is 12.1 Å². The van der Waals surface area contributed by atoms with Crippen LogP contribution in [-0.4, -0.2) is 41.0 Å². The third-order valence-corrected chi connectivity index (χ3v) is 4.27. The summed E-state index contributed by atoms with van der Waals surface area (Å²) in [5.41, 5.74) is -1.86. The second kappa shape index (κ2) is 7.07. The first kappa shape index (κ1) is 19.7. The number of carbonyl (C=O) groups excluding carboxylic acids is 1. The molecule has 2 atom stereocenters. The van der Waals surface area contributed by atoms with E-state index in [0.29, 0.717) is 12.8 Å². The molecule has 1 aliphatic heterocycles. The molecule has 2 N–H and O–H groups in total. The van der Waals surface area contributed by atoms with Crippen molar-refractivity contribution in [3.63, 3.8) is 0 Å². The Labute approximate surface area is 138 Å². The highest BCUT2D eigenvalue weighted by atomic mass is 16.6. The fourth-order valence-electron chi connectivity index (χ4n) is 2.87. The molecule has 6 nitrogen and oxygen atoms in total. The lowest BCUT2D eigenvalue weighted by molar-refractivity contribution is -0.152. The molecule has 6 heteroatoms. The fourth-order valence-corrected chi connectivity index (χ4v) is 2.87. The van der Waals surface area contributed by atoms with Crippen LogP contribution >= 0.6 is 0 Å². The zero-order valence-corrected chi connectivity index (χ0v) is 15.2. The summed E-state index contributed by atoms with van der Waals surface area (Å²) in [4.78, 5) is 23.7. The molecule has 0 aliphatic carbocycles. The maximum absolute atomic E-state index is 11.9. The largest absolute Gasteiger partial charge is 0.481 e. The Morgan fingerprint density at radius 3 is 2.35 bits per heavy atom. The highest BCUT2D eigenvalue weighted by molar-refractivity contribution is 5.76. The summed E-state index contributed by atoms with van der Waals surface area (Å²) in [7, 11) is 0. The van der Waals surface area contributed by atoms with E-state index < -0.39 is 23.1 Å². The zero-order chi connectivity index (χ0) is 17.9. The number of carboxylic acid groups (broad SMARTS) is 1. The number of amides is 1. The minimum absolute atomic E-state index is 0.0357. The summed E-state index contributed by atoms with van der Waals surface area (Å²) in [6.45, 7) is 11.2. The van der Waals surface area contributed by atoms with Gasteiger partial charge in [-0.3, -0.25) is 4.79 Å². The van der Waals surface area contributed by atoms with Crippen molar-refractivity contribution in [2.45, 2.75) is 84.5 Å². The monoisotopic (exact) mass is 329 g/mol. The number of hydrogen-bond acceptors (Lipinski definition) is 4. The fraction of sp³-hybridized carbons (Fsp3) is 0.882. The van der Waals surface area contributed by atoms with Crippen molar-refractivity contribution >= 4 is 12.1 Å². The topological polar surface area (TPSA) is 84.9 Å². The van der Waals surface area contributed by atoms with Gasteiger partial charge in [-0.25, -0.2) is 4.79 Å². The smallest absolute Gasteiger partial charge is 0.407 e. The number of hydrogen-bond donors (Lipinski definition) is 2. The summed E-state index contributed by atoms with van der Waals surface area (Å²) in [5, 5.41) is 12.3. The summed E-state index contributed by atoms with van der Waals surface area (Å²) in [5.74, 6) is -0.913. The van der Waals surface area contributed by atoms with Crippen LogP contribution in [0.15, 0.2) is 0 Å². The Hall–Kier alpha value is -1.30. The van der Waals surface area contributed by atoms with Gasteiger partial charge in [0.05, 0.1) is 17.1 Å². The van der Waals surface area contributed by atoms with E-state index in [1.54, 1.807) is 20.8 Å². The van der Waals surface area contributed by atoms with E-state index in [4.69, 9.17) is 9.47 Å². The van der Waals surface area contributed by atoms with Gasteiger partial charge in [-0.2, -0.15) is 0 Å². The standard InChI is InChI=1S/C17H31NO5/c1-7-17(13(19)20,10-12-8-9-16(5,6)22-12)11-18-14(21)23-15(2,3)4/h12H,7-11H2,1-6H3,(H,18,21)(H,19,20). The van der Waals surface area contributed by atoms with E-state index in [2.05, 4.69) is 5.32 Å². The molecule has 1 amide bonds. The minimum Gasteiger partial charge on any atom is -0.481 e. The van der Waals surface area contributed by atoms with Crippen LogP contribution in [0.5, 0.6) is 0 Å². The van der Waals surface area contributed by atoms with Gasteiger partial charge in [0.1, 0.15) is 5.60 Å². The van der Waals surface area contributed by atoms with Crippen LogP contribution in [0.1, 0.15) is 67.2 Å². The van der Waals surface area contributed by atoms with Crippen LogP contribution in [0.3, 0.4) is 0 Å². The number of rotatable bonds is 6. The molecule has 23 heavy (non-hydrogen) atoms. The molecule has 0 aromatic carbocycles. The molecule has 134 valence electrons. The lowest BCUT2D eigenvalue weighted by atomic mass is 9.79. The molecule has 2 unspecified atom stereocenters. The molecule has 1 rings (SSSR count). The SMILES string of the molecule is CCC(CNC(=O)OC(C)(C)C)(CC1CCC(C)(C)O1)C(=O)O. The molecule has 0 aromatic rings. The van der Waals surface area contributed by atoms with Gasteiger partial charge in [0.15, 0.2) is 0 Å². The third kappa shape index (κ3) is 6.01. The van der Waals surface area contributed by atoms with Crippen LogP contribution in [0.2, 0.25) is 0 Å². The number of alkyl carbamates (subject to hydrolysis) is 1. The molecule has 0 aromatic heterocycles. The average Bonchev–Trinajstić information content (AvgIpc) is 2.71. The second-order valence-corrected chi connectivity index (χ2v) is 8.04. The van der Waals surface area contributed by atoms with Crippen LogP contribution in [-0.2, 0) is 14.3 Å². The van der Waals surface area contributed by atoms with Gasteiger partial charge in [0.25, 0.3) is 0 Å². The van der Waals surface area contributed by atoms with Crippen LogP contribution in [0.25, 0.3) is 0 Å². The average molecular weight is 329 g/mol. The van der Waals surface area contributed by atoms with E-state index in [1.165, 1.54) is 0 Å². The van der Waals surface area contributed by atoms with Crippen LogP contribution in [0.4, 0.5) is 4.79 Å². The van der Waals surface area contributed by atoms with Crippen LogP contribution < -0.4 is 5.32 Å². The molecular formula is C17H31NO5. The molecule has 1 saturated heterocycles. The molecule has 1 heterocycles. The first-order valence-corrected chi connectivity index (χ1v) is 8.27. The molecule has 1 aliphatic rings. The normalized spacial score (nSPS) is 23.1. The summed E-state index contributed by atoms with van der Waals surface area (Å²) < 4.78 is 11.1. The molecule has 0 bridgehead atoms. The van der Waals surface area contributed by atoms with Gasteiger partial charge in [-0.15, -0.1) is 0 Å². The summed E-state index contributed by atoms with van der Waals surface area (Å²) in [6, 6.07) is 0. The predicted molar refractivity (Wildman–Crippen MR) is 87.4 cm³/mol. The molecule has 0 radical (unpaired) electrons. The van der Waals surface area contributed by atoms with E-state index in [1.807, 2.05) is 20.8 Å². The Morgan fingerprint density at radius 1 is 1.35 bits per heavy atom. The predicted octanol–water partition coefficient (Wildman–Crippen LogP) is 3.34. The number of nitrogens with one attached hydrogen (secondary N) is 1. The highest BCUT2D eigenvalue weighted by Gasteiger charge is 2.43. The zero-order valence-electron chi connectivity index (χ0n) is 15.2. The number of carboxylic acids is 1. The highest BCUT2D eigenvalue weighted by Crippen LogP contribution is 2.37. The van der Waals surface area contributed by atoms with Gasteiger partial charge in [0, 0.05) is 6.54 Å². The molecular weight excluding hydrogens is 298 g/mol. The molecule has 1 fully saturated rings. The number of carbonyl (C=O) groups is 2. The maximum atomic E-state index is 11.9. The maximum Gasteiger partial charge on any atom is 0.407 e. The Balaban J connectivity index is 2.71. The Kier molecular flexibility index (Phi) is 6.07. The quantitative estimate of drug-likeness (QED) is 0.780. The van der Waals surface area contributed by atoms with Crippen LogP contribution in [0, 0.1) is 5.41 Å². The van der Waals surface area contributed by atoms with Crippen molar-refractivity contribution in [2.24, 2.45) is 5.41 Å². The third-order valence-electron chi connectivity index (χ3n) is 4.27. The van der Waals surface area contributed by atoms with Gasteiger partial charge in [-0.05, 0) is 60.3 Å². The van der Waals surface area contributed by atoms with Gasteiger partial charge < -0.3 is 19.9 Å². The van der Waals surface area contributed by atoms with Crippen molar-refractivity contribution in [3.05, 3.63) is 0 Å². The van der Waals surface area contributed by atoms with E-state index in [0.717, 1.165) is 12.8 Å². The number of ether oxygens (including phenoxy) is 2. The molecule has 0 saturated carbocycles. The van der Waals surface area contributed by atoms with E-state index in [-0.39, 0.29) is 18.2 Å². The van der Waals surface area contributed by atoms with Crippen molar-refractivity contribution in [1.29, 1.82) is 0 Å². The van der Waals surface area contributed by atoms with Gasteiger partial charge in [-0.1, -0.05) is 6.92 Å². The Morgan fingerprint density at radius 2 is 1.96 bits per heavy atom. The van der Waals surface area contributed by atoms with E-state index >= 15 is 0 Å². The van der Waals surface area contributed by atoms with E-state index in [9.17, 15) is 14.7 Å². The van der Waals surface area contributed by atoms with Crippen molar-refractivity contribution in [2.75, 3.05) is 6.54 Å². The van der Waals surface area contributed by atoms with Gasteiger partial charge in [0.2, 0.25) is 0 Å². The Bertz CT molecular complexity index is 441. The molecule has 0 spiro atoms. The first-order chi connectivity index (χ1) is 10.4. The van der Waals surface area contributed by atoms with Crippen molar-refractivity contribution < 1.29 is 24.2 Å². The first-order valence-electron chi connectivity index (χ1n) is 8.27.